The van der Waals surface area contributed by atoms with Crippen molar-refractivity contribution in [3.05, 3.63) is 107 Å². The van der Waals surface area contributed by atoms with E-state index in [0.717, 1.165) is 0 Å². The number of aromatic nitrogens is 1. The molecule has 0 radical (unpaired) electrons. The lowest BCUT2D eigenvalue weighted by atomic mass is 10.1. The molecule has 0 atom stereocenters. The lowest BCUT2D eigenvalue weighted by Crippen LogP contribution is -2.19. The summed E-state index contributed by atoms with van der Waals surface area (Å²) in [6, 6.07) is 17.1. The summed E-state index contributed by atoms with van der Waals surface area (Å²) in [7, 11) is 0. The molecule has 158 valence electrons. The minimum atomic E-state index is -0.425. The van der Waals surface area contributed by atoms with Crippen LogP contribution in [0.2, 0.25) is 5.02 Å². The highest BCUT2D eigenvalue weighted by Crippen LogP contribution is 2.26. The third-order valence-electron chi connectivity index (χ3n) is 4.49. The molecule has 1 aliphatic heterocycles. The van der Waals surface area contributed by atoms with Gasteiger partial charge in [0.2, 0.25) is 0 Å². The van der Waals surface area contributed by atoms with Crippen molar-refractivity contribution in [1.29, 1.82) is 0 Å². The number of anilines is 3. The van der Waals surface area contributed by atoms with Crippen LogP contribution < -0.4 is 15.6 Å². The van der Waals surface area contributed by atoms with Crippen molar-refractivity contribution in [1.82, 2.24) is 4.98 Å². The number of halogens is 1. The molecule has 2 aromatic carbocycles. The molecule has 2 N–H and O–H groups in total. The monoisotopic (exact) mass is 443 g/mol. The minimum Gasteiger partial charge on any atom is -0.321 e. The molecule has 8 heteroatoms. The number of hydrogen-bond acceptors (Lipinski definition) is 5. The fraction of sp³-hybridized carbons (Fsp3) is 0. The number of pyridine rings is 1. The maximum Gasteiger partial charge on any atom is 0.258 e. The summed E-state index contributed by atoms with van der Waals surface area (Å²) in [5.74, 6) is -0.417. The van der Waals surface area contributed by atoms with Crippen LogP contribution >= 0.6 is 11.6 Å². The van der Waals surface area contributed by atoms with Gasteiger partial charge in [-0.2, -0.15) is 5.10 Å². The van der Waals surface area contributed by atoms with Crippen LogP contribution in [0, 0.1) is 0 Å². The number of benzene rings is 2. The lowest BCUT2D eigenvalue weighted by molar-refractivity contribution is 0.102. The molecule has 0 aliphatic carbocycles. The fourth-order valence-electron chi connectivity index (χ4n) is 2.94. The van der Waals surface area contributed by atoms with Crippen LogP contribution in [0.3, 0.4) is 0 Å². The predicted octanol–water partition coefficient (Wildman–Crippen LogP) is 5.12. The summed E-state index contributed by atoms with van der Waals surface area (Å²) in [4.78, 5) is 29.9. The number of rotatable bonds is 5. The second kappa shape index (κ2) is 9.72. The van der Waals surface area contributed by atoms with Crippen LogP contribution in [0.5, 0.6) is 0 Å². The number of hydrogen-bond donors (Lipinski definition) is 2. The topological polar surface area (TPSA) is 86.7 Å². The first-order chi connectivity index (χ1) is 15.6. The summed E-state index contributed by atoms with van der Waals surface area (Å²) in [5.41, 5.74) is 1.76. The van der Waals surface area contributed by atoms with Gasteiger partial charge in [-0.05, 0) is 54.6 Å². The van der Waals surface area contributed by atoms with Crippen LogP contribution in [-0.2, 0) is 0 Å². The molecule has 0 unspecified atom stereocenters. The van der Waals surface area contributed by atoms with Gasteiger partial charge in [0, 0.05) is 24.2 Å². The second-order valence-electron chi connectivity index (χ2n) is 6.70. The number of nitrogens with one attached hydrogen (secondary N) is 2. The van der Waals surface area contributed by atoms with Gasteiger partial charge in [0.15, 0.2) is 0 Å². The maximum absolute atomic E-state index is 13.0. The first-order valence-electron chi connectivity index (χ1n) is 9.70. The van der Waals surface area contributed by atoms with Crippen LogP contribution in [0.15, 0.2) is 96.4 Å². The summed E-state index contributed by atoms with van der Waals surface area (Å²) < 4.78 is 0. The number of amides is 2. The molecular weight excluding hydrogens is 426 g/mol. The molecule has 0 spiro atoms. The van der Waals surface area contributed by atoms with Crippen molar-refractivity contribution in [2.45, 2.75) is 0 Å². The Bertz CT molecular complexity index is 1200. The van der Waals surface area contributed by atoms with Gasteiger partial charge in [-0.15, -0.1) is 0 Å². The first-order valence-corrected chi connectivity index (χ1v) is 10.1. The van der Waals surface area contributed by atoms with Gasteiger partial charge in [0.25, 0.3) is 11.8 Å². The molecule has 1 aromatic heterocycles. The van der Waals surface area contributed by atoms with E-state index in [2.05, 4.69) is 20.7 Å². The van der Waals surface area contributed by atoms with Crippen molar-refractivity contribution >= 4 is 46.8 Å². The van der Waals surface area contributed by atoms with E-state index in [1.165, 1.54) is 6.20 Å². The van der Waals surface area contributed by atoms with Gasteiger partial charge in [-0.3, -0.25) is 9.59 Å². The van der Waals surface area contributed by atoms with Crippen molar-refractivity contribution in [2.24, 2.45) is 5.10 Å². The number of nitrogens with zero attached hydrogens (tertiary/aromatic N) is 3. The van der Waals surface area contributed by atoms with Crippen molar-refractivity contribution in [3.8, 4) is 0 Å². The Balaban J connectivity index is 1.66. The summed E-state index contributed by atoms with van der Waals surface area (Å²) in [5, 5.41) is 12.0. The van der Waals surface area contributed by atoms with Gasteiger partial charge < -0.3 is 10.6 Å². The zero-order valence-electron chi connectivity index (χ0n) is 16.8. The summed E-state index contributed by atoms with van der Waals surface area (Å²) in [6.45, 7) is 0. The number of hydrazone groups is 1. The summed E-state index contributed by atoms with van der Waals surface area (Å²) >= 11 is 5.86. The minimum absolute atomic E-state index is 0.274. The number of allylic oxidation sites excluding steroid dienone is 3. The normalized spacial score (nSPS) is 12.3. The van der Waals surface area contributed by atoms with E-state index in [1.807, 2.05) is 18.2 Å². The van der Waals surface area contributed by atoms with Crippen LogP contribution in [0.1, 0.15) is 20.7 Å². The van der Waals surface area contributed by atoms with Gasteiger partial charge in [-0.1, -0.05) is 35.9 Å². The standard InChI is InChI=1S/C24H18ClN5O2/c25-18-9-12-22(26-16-18)29-24(32)20-11-10-19(30-14-6-2-5-13-27-30)15-21(20)28-23(31)17-7-3-1-4-8-17/h1-16H,(H,28,31)(H,26,29,32). The Morgan fingerprint density at radius 1 is 0.875 bits per heavy atom. The lowest BCUT2D eigenvalue weighted by Gasteiger charge is -2.17. The highest BCUT2D eigenvalue weighted by Gasteiger charge is 2.17. The fourth-order valence-corrected chi connectivity index (χ4v) is 3.05. The number of carbonyl (C=O) groups excluding carboxylic acids is 2. The quantitative estimate of drug-likeness (QED) is 0.573. The molecule has 2 amide bonds. The smallest absolute Gasteiger partial charge is 0.258 e. The van der Waals surface area contributed by atoms with E-state index >= 15 is 0 Å². The van der Waals surface area contributed by atoms with E-state index in [-0.39, 0.29) is 11.5 Å². The zero-order chi connectivity index (χ0) is 22.3. The van der Waals surface area contributed by atoms with Crippen molar-refractivity contribution < 1.29 is 9.59 Å². The largest absolute Gasteiger partial charge is 0.321 e. The van der Waals surface area contributed by atoms with E-state index in [9.17, 15) is 9.59 Å². The number of carbonyl (C=O) groups is 2. The Labute approximate surface area is 189 Å². The zero-order valence-corrected chi connectivity index (χ0v) is 17.5. The molecule has 4 rings (SSSR count). The van der Waals surface area contributed by atoms with Gasteiger partial charge >= 0.3 is 0 Å². The first kappa shape index (κ1) is 21.0. The molecular formula is C24H18ClN5O2. The average Bonchev–Trinajstić information content (AvgIpc) is 3.11. The molecule has 0 fully saturated rings. The van der Waals surface area contributed by atoms with Crippen molar-refractivity contribution in [3.63, 3.8) is 0 Å². The van der Waals surface area contributed by atoms with E-state index in [1.54, 1.807) is 78.1 Å². The second-order valence-corrected chi connectivity index (χ2v) is 7.14. The van der Waals surface area contributed by atoms with Crippen LogP contribution in [-0.4, -0.2) is 23.0 Å². The van der Waals surface area contributed by atoms with Crippen LogP contribution in [0.4, 0.5) is 17.2 Å². The van der Waals surface area contributed by atoms with Gasteiger partial charge in [0.1, 0.15) is 5.82 Å². The Hall–Kier alpha value is -4.23. The van der Waals surface area contributed by atoms with Gasteiger partial charge in [-0.25, -0.2) is 9.99 Å². The van der Waals surface area contributed by atoms with E-state index in [0.29, 0.717) is 27.8 Å². The predicted molar refractivity (Wildman–Crippen MR) is 127 cm³/mol. The van der Waals surface area contributed by atoms with Crippen molar-refractivity contribution in [2.75, 3.05) is 15.6 Å². The maximum atomic E-state index is 13.0. The van der Waals surface area contributed by atoms with E-state index < -0.39 is 5.91 Å². The highest BCUT2D eigenvalue weighted by atomic mass is 35.5. The van der Waals surface area contributed by atoms with Gasteiger partial charge in [0.05, 0.1) is 22.0 Å². The van der Waals surface area contributed by atoms with Crippen LogP contribution in [0.25, 0.3) is 0 Å². The SMILES string of the molecule is O=C(Nc1cc(N2C=CC=CC=N2)ccc1C(=O)Nc1ccc(Cl)cn1)c1ccccc1. The molecule has 0 saturated carbocycles. The third-order valence-corrected chi connectivity index (χ3v) is 4.72. The molecule has 3 aromatic rings. The molecule has 2 heterocycles. The Kier molecular flexibility index (Phi) is 6.38. The van der Waals surface area contributed by atoms with E-state index in [4.69, 9.17) is 11.6 Å². The Morgan fingerprint density at radius 2 is 1.72 bits per heavy atom. The third kappa shape index (κ3) is 5.08. The molecule has 0 bridgehead atoms. The molecule has 32 heavy (non-hydrogen) atoms. The molecule has 0 saturated heterocycles. The average molecular weight is 444 g/mol. The Morgan fingerprint density at radius 3 is 2.50 bits per heavy atom. The molecule has 1 aliphatic rings. The molecule has 7 nitrogen and oxygen atoms in total. The highest BCUT2D eigenvalue weighted by molar-refractivity contribution is 6.30. The summed E-state index contributed by atoms with van der Waals surface area (Å²) in [6.07, 6.45) is 10.3.